The number of para-hydroxylation sites is 1. The van der Waals surface area contributed by atoms with Crippen LogP contribution in [0.4, 0.5) is 0 Å². The van der Waals surface area contributed by atoms with Crippen LogP contribution < -0.4 is 4.74 Å². The molecule has 24 heavy (non-hydrogen) atoms. The molecule has 3 aromatic carbocycles. The Balaban J connectivity index is 1.83. The molecule has 0 saturated carbocycles. The van der Waals surface area contributed by atoms with Gasteiger partial charge in [-0.05, 0) is 29.7 Å². The van der Waals surface area contributed by atoms with E-state index in [9.17, 15) is 0 Å². The highest BCUT2D eigenvalue weighted by atomic mass is 16.5. The summed E-state index contributed by atoms with van der Waals surface area (Å²) >= 11 is 0. The molecule has 0 heterocycles. The van der Waals surface area contributed by atoms with Crippen LogP contribution in [0.5, 0.6) is 5.75 Å². The Kier molecular flexibility index (Phi) is 4.92. The van der Waals surface area contributed by atoms with Crippen molar-refractivity contribution in [3.8, 4) is 16.9 Å². The largest absolute Gasteiger partial charge is 0.488 e. The van der Waals surface area contributed by atoms with E-state index in [1.54, 1.807) is 6.92 Å². The molecule has 0 aliphatic carbocycles. The van der Waals surface area contributed by atoms with Crippen molar-refractivity contribution in [2.45, 2.75) is 13.5 Å². The van der Waals surface area contributed by atoms with E-state index in [0.29, 0.717) is 12.3 Å². The van der Waals surface area contributed by atoms with Gasteiger partial charge < -0.3 is 9.94 Å². The summed E-state index contributed by atoms with van der Waals surface area (Å²) < 4.78 is 6.01. The van der Waals surface area contributed by atoms with E-state index < -0.39 is 0 Å². The van der Waals surface area contributed by atoms with E-state index in [1.807, 2.05) is 66.7 Å². The van der Waals surface area contributed by atoms with E-state index in [4.69, 9.17) is 9.94 Å². The monoisotopic (exact) mass is 317 g/mol. The lowest BCUT2D eigenvalue weighted by atomic mass is 10.0. The first kappa shape index (κ1) is 15.8. The normalized spacial score (nSPS) is 11.3. The maximum absolute atomic E-state index is 8.86. The van der Waals surface area contributed by atoms with E-state index in [2.05, 4.69) is 17.3 Å². The van der Waals surface area contributed by atoms with Gasteiger partial charge in [0, 0.05) is 5.56 Å². The molecule has 0 atom stereocenters. The van der Waals surface area contributed by atoms with Crippen molar-refractivity contribution in [1.82, 2.24) is 0 Å². The van der Waals surface area contributed by atoms with Gasteiger partial charge in [0.25, 0.3) is 0 Å². The van der Waals surface area contributed by atoms with Gasteiger partial charge >= 0.3 is 0 Å². The van der Waals surface area contributed by atoms with Gasteiger partial charge in [0.05, 0.1) is 5.71 Å². The Hall–Kier alpha value is -3.07. The third-order valence-electron chi connectivity index (χ3n) is 3.89. The zero-order chi connectivity index (χ0) is 16.8. The number of nitrogens with zero attached hydrogens (tertiary/aromatic N) is 1. The molecule has 1 N–H and O–H groups in total. The number of hydrogen-bond acceptors (Lipinski definition) is 3. The highest BCUT2D eigenvalue weighted by Crippen LogP contribution is 2.30. The molecule has 3 nitrogen and oxygen atoms in total. The predicted molar refractivity (Wildman–Crippen MR) is 96.6 cm³/mol. The molecular formula is C21H19NO2. The van der Waals surface area contributed by atoms with Crippen molar-refractivity contribution >= 4 is 5.71 Å². The summed E-state index contributed by atoms with van der Waals surface area (Å²) in [5, 5.41) is 12.1. The lowest BCUT2D eigenvalue weighted by Gasteiger charge is -2.12. The molecule has 0 aliphatic rings. The van der Waals surface area contributed by atoms with E-state index in [0.717, 1.165) is 28.0 Å². The van der Waals surface area contributed by atoms with Crippen LogP contribution in [0.15, 0.2) is 84.0 Å². The number of hydrogen-bond donors (Lipinski definition) is 1. The van der Waals surface area contributed by atoms with Gasteiger partial charge in [0.1, 0.15) is 12.4 Å². The molecule has 0 bridgehead atoms. The van der Waals surface area contributed by atoms with Crippen molar-refractivity contribution in [2.24, 2.45) is 5.16 Å². The number of benzene rings is 3. The van der Waals surface area contributed by atoms with Crippen LogP contribution in [0.3, 0.4) is 0 Å². The minimum absolute atomic E-state index is 0.534. The summed E-state index contributed by atoms with van der Waals surface area (Å²) in [4.78, 5) is 0. The minimum atomic E-state index is 0.534. The second-order valence-corrected chi connectivity index (χ2v) is 5.53. The first-order chi connectivity index (χ1) is 11.8. The van der Waals surface area contributed by atoms with E-state index in [1.165, 1.54) is 0 Å². The zero-order valence-electron chi connectivity index (χ0n) is 13.5. The van der Waals surface area contributed by atoms with Crippen LogP contribution in [0.2, 0.25) is 0 Å². The molecule has 0 amide bonds. The molecule has 3 heteroatoms. The van der Waals surface area contributed by atoms with Crippen molar-refractivity contribution in [1.29, 1.82) is 0 Å². The van der Waals surface area contributed by atoms with Crippen molar-refractivity contribution in [2.75, 3.05) is 0 Å². The first-order valence-electron chi connectivity index (χ1n) is 7.83. The summed E-state index contributed by atoms with van der Waals surface area (Å²) in [7, 11) is 0. The van der Waals surface area contributed by atoms with Gasteiger partial charge in [-0.3, -0.25) is 0 Å². The third-order valence-corrected chi connectivity index (χ3v) is 3.89. The number of oxime groups is 1. The summed E-state index contributed by atoms with van der Waals surface area (Å²) in [6.07, 6.45) is 0. The van der Waals surface area contributed by atoms with Gasteiger partial charge in [0.15, 0.2) is 0 Å². The maximum atomic E-state index is 8.86. The number of ether oxygens (including phenoxy) is 1. The lowest BCUT2D eigenvalue weighted by Crippen LogP contribution is -1.97. The molecule has 120 valence electrons. The molecule has 0 aromatic heterocycles. The number of rotatable bonds is 5. The Morgan fingerprint density at radius 1 is 0.875 bits per heavy atom. The van der Waals surface area contributed by atoms with E-state index >= 15 is 0 Å². The summed E-state index contributed by atoms with van der Waals surface area (Å²) in [6, 6.07) is 26.0. The molecule has 0 unspecified atom stereocenters. The molecular weight excluding hydrogens is 298 g/mol. The molecule has 0 saturated heterocycles. The van der Waals surface area contributed by atoms with E-state index in [-0.39, 0.29) is 0 Å². The van der Waals surface area contributed by atoms with Crippen LogP contribution in [0, 0.1) is 0 Å². The second-order valence-electron chi connectivity index (χ2n) is 5.53. The smallest absolute Gasteiger partial charge is 0.127 e. The molecule has 3 rings (SSSR count). The fraction of sp³-hybridized carbons (Fsp3) is 0.0952. The second kappa shape index (κ2) is 7.47. The molecule has 3 aromatic rings. The summed E-state index contributed by atoms with van der Waals surface area (Å²) in [5.74, 6) is 0.849. The fourth-order valence-corrected chi connectivity index (χ4v) is 2.52. The molecule has 0 fully saturated rings. The SMILES string of the molecule is CC(=NO)c1ccc(-c2ccccc2OCc2ccccc2)cc1. The average molecular weight is 317 g/mol. The van der Waals surface area contributed by atoms with Crippen LogP contribution in [0.1, 0.15) is 18.1 Å². The fourth-order valence-electron chi connectivity index (χ4n) is 2.52. The van der Waals surface area contributed by atoms with Crippen molar-refractivity contribution in [3.05, 3.63) is 90.0 Å². The highest BCUT2D eigenvalue weighted by molar-refractivity contribution is 5.98. The van der Waals surface area contributed by atoms with Crippen LogP contribution in [-0.4, -0.2) is 10.9 Å². The summed E-state index contributed by atoms with van der Waals surface area (Å²) in [6.45, 7) is 2.30. The molecule has 0 aliphatic heterocycles. The van der Waals surface area contributed by atoms with Crippen molar-refractivity contribution < 1.29 is 9.94 Å². The van der Waals surface area contributed by atoms with Gasteiger partial charge in [-0.25, -0.2) is 0 Å². The predicted octanol–water partition coefficient (Wildman–Crippen LogP) is 5.13. The van der Waals surface area contributed by atoms with Crippen LogP contribution >= 0.6 is 0 Å². The zero-order valence-corrected chi connectivity index (χ0v) is 13.5. The van der Waals surface area contributed by atoms with Gasteiger partial charge in [0.2, 0.25) is 0 Å². The first-order valence-corrected chi connectivity index (χ1v) is 7.83. The standard InChI is InChI=1S/C21H19NO2/c1-16(22-23)18-11-13-19(14-12-18)20-9-5-6-10-21(20)24-15-17-7-3-2-4-8-17/h2-14,23H,15H2,1H3. The lowest BCUT2D eigenvalue weighted by molar-refractivity contribution is 0.307. The average Bonchev–Trinajstić information content (AvgIpc) is 2.67. The Morgan fingerprint density at radius 3 is 2.25 bits per heavy atom. The minimum Gasteiger partial charge on any atom is -0.488 e. The molecule has 0 spiro atoms. The molecule has 0 radical (unpaired) electrons. The van der Waals surface area contributed by atoms with Crippen LogP contribution in [-0.2, 0) is 6.61 Å². The maximum Gasteiger partial charge on any atom is 0.127 e. The third kappa shape index (κ3) is 3.63. The van der Waals surface area contributed by atoms with Gasteiger partial charge in [-0.15, -0.1) is 0 Å². The van der Waals surface area contributed by atoms with Crippen LogP contribution in [0.25, 0.3) is 11.1 Å². The van der Waals surface area contributed by atoms with Crippen molar-refractivity contribution in [3.63, 3.8) is 0 Å². The summed E-state index contributed by atoms with van der Waals surface area (Å²) in [5.41, 5.74) is 4.73. The highest BCUT2D eigenvalue weighted by Gasteiger charge is 2.07. The Morgan fingerprint density at radius 2 is 1.54 bits per heavy atom. The van der Waals surface area contributed by atoms with Gasteiger partial charge in [-0.2, -0.15) is 0 Å². The Labute approximate surface area is 141 Å². The van der Waals surface area contributed by atoms with Gasteiger partial charge in [-0.1, -0.05) is 78.0 Å². The topological polar surface area (TPSA) is 41.8 Å². The quantitative estimate of drug-likeness (QED) is 0.402. The Bertz CT molecular complexity index is 824.